The monoisotopic (exact) mass is 239 g/mol. The summed E-state index contributed by atoms with van der Waals surface area (Å²) in [5.74, 6) is -0.208. The summed E-state index contributed by atoms with van der Waals surface area (Å²) in [7, 11) is 0. The number of ketones is 1. The highest BCUT2D eigenvalue weighted by atomic mass is 19.3. The molecule has 0 aliphatic rings. The van der Waals surface area contributed by atoms with E-state index in [0.717, 1.165) is 6.07 Å². The van der Waals surface area contributed by atoms with Gasteiger partial charge in [0.15, 0.2) is 5.78 Å². The number of ether oxygens (including phenoxy) is 1. The number of nitrogens with zero attached hydrogens (tertiary/aromatic N) is 1. The Morgan fingerprint density at radius 3 is 2.59 bits per heavy atom. The molecular formula is C12H11F2NO2. The van der Waals surface area contributed by atoms with Gasteiger partial charge in [-0.1, -0.05) is 0 Å². The zero-order valence-electron chi connectivity index (χ0n) is 9.46. The van der Waals surface area contributed by atoms with Crippen LogP contribution in [0.25, 0.3) is 0 Å². The zero-order chi connectivity index (χ0) is 13.0. The van der Waals surface area contributed by atoms with E-state index in [0.29, 0.717) is 6.61 Å². The quantitative estimate of drug-likeness (QED) is 0.758. The van der Waals surface area contributed by atoms with Crippen molar-refractivity contribution in [2.75, 3.05) is 6.61 Å². The number of carbonyl (C=O) groups excluding carboxylic acids is 1. The van der Waals surface area contributed by atoms with Crippen LogP contribution in [0.15, 0.2) is 12.1 Å². The van der Waals surface area contributed by atoms with Gasteiger partial charge in [0.2, 0.25) is 0 Å². The second-order valence-corrected chi connectivity index (χ2v) is 3.34. The lowest BCUT2D eigenvalue weighted by molar-refractivity contribution is 0.101. The molecule has 0 unspecified atom stereocenters. The molecule has 0 spiro atoms. The Hall–Kier alpha value is -1.96. The van der Waals surface area contributed by atoms with Crippen LogP contribution in [0.4, 0.5) is 8.78 Å². The maximum absolute atomic E-state index is 12.7. The van der Waals surface area contributed by atoms with Gasteiger partial charge in [0.25, 0.3) is 6.43 Å². The van der Waals surface area contributed by atoms with Crippen LogP contribution in [-0.2, 0) is 0 Å². The summed E-state index contributed by atoms with van der Waals surface area (Å²) in [5.41, 5.74) is -0.546. The second kappa shape index (κ2) is 5.39. The number of rotatable bonds is 4. The highest BCUT2D eigenvalue weighted by Gasteiger charge is 2.19. The first kappa shape index (κ1) is 13.1. The summed E-state index contributed by atoms with van der Waals surface area (Å²) in [6.45, 7) is 3.26. The minimum atomic E-state index is -2.79. The molecule has 0 N–H and O–H groups in total. The van der Waals surface area contributed by atoms with Crippen molar-refractivity contribution in [3.8, 4) is 11.8 Å². The summed E-state index contributed by atoms with van der Waals surface area (Å²) in [5, 5.41) is 8.77. The highest BCUT2D eigenvalue weighted by molar-refractivity contribution is 5.97. The Kier molecular flexibility index (Phi) is 4.16. The molecule has 0 bridgehead atoms. The number of halogens is 2. The molecular weight excluding hydrogens is 228 g/mol. The largest absolute Gasteiger partial charge is 0.493 e. The number of alkyl halides is 2. The van der Waals surface area contributed by atoms with E-state index < -0.39 is 12.0 Å². The SMILES string of the molecule is CCOc1cc(C#N)c(C(F)F)cc1C(C)=O. The summed E-state index contributed by atoms with van der Waals surface area (Å²) < 4.78 is 30.5. The lowest BCUT2D eigenvalue weighted by Crippen LogP contribution is -2.04. The molecule has 0 fully saturated rings. The summed E-state index contributed by atoms with van der Waals surface area (Å²) in [6, 6.07) is 3.88. The van der Waals surface area contributed by atoms with Gasteiger partial charge in [-0.25, -0.2) is 8.78 Å². The summed E-state index contributed by atoms with van der Waals surface area (Å²) in [4.78, 5) is 11.3. The predicted octanol–water partition coefficient (Wildman–Crippen LogP) is 3.10. The van der Waals surface area contributed by atoms with Crippen molar-refractivity contribution < 1.29 is 18.3 Å². The van der Waals surface area contributed by atoms with E-state index >= 15 is 0 Å². The number of hydrogen-bond donors (Lipinski definition) is 0. The molecule has 1 rings (SSSR count). The molecule has 0 atom stereocenters. The smallest absolute Gasteiger partial charge is 0.265 e. The molecule has 0 amide bonds. The van der Waals surface area contributed by atoms with E-state index in [1.54, 1.807) is 13.0 Å². The Morgan fingerprint density at radius 2 is 2.18 bits per heavy atom. The summed E-state index contributed by atoms with van der Waals surface area (Å²) in [6.07, 6.45) is -2.79. The molecule has 0 aromatic heterocycles. The Balaban J connectivity index is 3.43. The maximum Gasteiger partial charge on any atom is 0.265 e. The molecule has 90 valence electrons. The average Bonchev–Trinajstić information content (AvgIpc) is 2.28. The third-order valence-corrected chi connectivity index (χ3v) is 2.19. The van der Waals surface area contributed by atoms with Crippen LogP contribution in [0.3, 0.4) is 0 Å². The standard InChI is InChI=1S/C12H11F2NO2/c1-3-17-11-4-8(6-15)10(12(13)14)5-9(11)7(2)16/h4-5,12H,3H2,1-2H3. The van der Waals surface area contributed by atoms with E-state index in [2.05, 4.69) is 0 Å². The van der Waals surface area contributed by atoms with Crippen LogP contribution in [0.2, 0.25) is 0 Å². The van der Waals surface area contributed by atoms with E-state index in [4.69, 9.17) is 10.00 Å². The van der Waals surface area contributed by atoms with E-state index in [-0.39, 0.29) is 22.7 Å². The van der Waals surface area contributed by atoms with Gasteiger partial charge in [0.1, 0.15) is 5.75 Å². The topological polar surface area (TPSA) is 50.1 Å². The molecule has 1 aromatic carbocycles. The van der Waals surface area contributed by atoms with Gasteiger partial charge in [0, 0.05) is 5.56 Å². The molecule has 0 saturated heterocycles. The van der Waals surface area contributed by atoms with Crippen molar-refractivity contribution in [2.45, 2.75) is 20.3 Å². The first-order chi connectivity index (χ1) is 8.01. The summed E-state index contributed by atoms with van der Waals surface area (Å²) >= 11 is 0. The molecule has 3 nitrogen and oxygen atoms in total. The third kappa shape index (κ3) is 2.78. The van der Waals surface area contributed by atoms with E-state index in [9.17, 15) is 13.6 Å². The van der Waals surface area contributed by atoms with E-state index in [1.807, 2.05) is 0 Å². The van der Waals surface area contributed by atoms with Gasteiger partial charge in [-0.05, 0) is 26.0 Å². The molecule has 0 radical (unpaired) electrons. The third-order valence-electron chi connectivity index (χ3n) is 2.19. The second-order valence-electron chi connectivity index (χ2n) is 3.34. The molecule has 5 heteroatoms. The fourth-order valence-corrected chi connectivity index (χ4v) is 1.42. The number of benzene rings is 1. The fraction of sp³-hybridized carbons (Fsp3) is 0.333. The van der Waals surface area contributed by atoms with Gasteiger partial charge >= 0.3 is 0 Å². The number of carbonyl (C=O) groups is 1. The van der Waals surface area contributed by atoms with Gasteiger partial charge < -0.3 is 4.74 Å². The van der Waals surface area contributed by atoms with Crippen LogP contribution in [0, 0.1) is 11.3 Å². The lowest BCUT2D eigenvalue weighted by Gasteiger charge is -2.11. The molecule has 0 aliphatic carbocycles. The van der Waals surface area contributed by atoms with Crippen LogP contribution >= 0.6 is 0 Å². The number of hydrogen-bond acceptors (Lipinski definition) is 3. The molecule has 0 aliphatic heterocycles. The minimum Gasteiger partial charge on any atom is -0.493 e. The first-order valence-corrected chi connectivity index (χ1v) is 5.01. The van der Waals surface area contributed by atoms with Crippen LogP contribution in [-0.4, -0.2) is 12.4 Å². The molecule has 1 aromatic rings. The first-order valence-electron chi connectivity index (χ1n) is 5.01. The van der Waals surface area contributed by atoms with Crippen LogP contribution < -0.4 is 4.74 Å². The van der Waals surface area contributed by atoms with Crippen LogP contribution in [0.1, 0.15) is 41.8 Å². The van der Waals surface area contributed by atoms with Gasteiger partial charge in [0.05, 0.1) is 23.8 Å². The van der Waals surface area contributed by atoms with Crippen molar-refractivity contribution >= 4 is 5.78 Å². The van der Waals surface area contributed by atoms with Crippen molar-refractivity contribution in [2.24, 2.45) is 0 Å². The van der Waals surface area contributed by atoms with Crippen molar-refractivity contribution in [3.05, 3.63) is 28.8 Å². The predicted molar refractivity (Wildman–Crippen MR) is 57.3 cm³/mol. The molecule has 17 heavy (non-hydrogen) atoms. The van der Waals surface area contributed by atoms with Crippen LogP contribution in [0.5, 0.6) is 5.75 Å². The molecule has 0 saturated carbocycles. The average molecular weight is 239 g/mol. The van der Waals surface area contributed by atoms with Crippen molar-refractivity contribution in [1.82, 2.24) is 0 Å². The van der Waals surface area contributed by atoms with Gasteiger partial charge in [-0.2, -0.15) is 5.26 Å². The van der Waals surface area contributed by atoms with Crippen molar-refractivity contribution in [3.63, 3.8) is 0 Å². The van der Waals surface area contributed by atoms with E-state index in [1.165, 1.54) is 13.0 Å². The minimum absolute atomic E-state index is 0.0705. The normalized spacial score (nSPS) is 10.1. The zero-order valence-corrected chi connectivity index (χ0v) is 9.46. The number of Topliss-reactive ketones (excluding diaryl/α,β-unsaturated/α-hetero) is 1. The highest BCUT2D eigenvalue weighted by Crippen LogP contribution is 2.30. The molecule has 0 heterocycles. The Bertz CT molecular complexity index is 478. The fourth-order valence-electron chi connectivity index (χ4n) is 1.42. The maximum atomic E-state index is 12.7. The Labute approximate surface area is 97.6 Å². The van der Waals surface area contributed by atoms with Gasteiger partial charge in [-0.15, -0.1) is 0 Å². The van der Waals surface area contributed by atoms with Crippen molar-refractivity contribution in [1.29, 1.82) is 5.26 Å². The Morgan fingerprint density at radius 1 is 1.53 bits per heavy atom. The van der Waals surface area contributed by atoms with Gasteiger partial charge in [-0.3, -0.25) is 4.79 Å². The lowest BCUT2D eigenvalue weighted by atomic mass is 10.0. The number of nitriles is 1.